The van der Waals surface area contributed by atoms with Crippen molar-refractivity contribution in [1.82, 2.24) is 9.78 Å². The molecule has 0 fully saturated rings. The predicted molar refractivity (Wildman–Crippen MR) is 122 cm³/mol. The van der Waals surface area contributed by atoms with Gasteiger partial charge in [0.1, 0.15) is 5.82 Å². The highest BCUT2D eigenvalue weighted by Crippen LogP contribution is 2.25. The van der Waals surface area contributed by atoms with Crippen LogP contribution in [0, 0.1) is 19.7 Å². The Bertz CT molecular complexity index is 1160. The molecule has 3 rings (SSSR count). The van der Waals surface area contributed by atoms with Crippen LogP contribution in [0.4, 0.5) is 15.8 Å². The first-order valence-electron chi connectivity index (χ1n) is 10.3. The molecule has 1 amide bonds. The SMILES string of the molecule is Cc1nn(C)c(C)c1CCCN(C)c1ccc(NC(=O)c2ccccc2F)cc1C(=O)O. The summed E-state index contributed by atoms with van der Waals surface area (Å²) in [5.41, 5.74) is 4.14. The van der Waals surface area contributed by atoms with Crippen molar-refractivity contribution >= 4 is 23.3 Å². The molecule has 2 N–H and O–H groups in total. The molecule has 0 bridgehead atoms. The van der Waals surface area contributed by atoms with Gasteiger partial charge in [0.2, 0.25) is 0 Å². The molecule has 0 aliphatic heterocycles. The molecule has 32 heavy (non-hydrogen) atoms. The first kappa shape index (κ1) is 23.0. The summed E-state index contributed by atoms with van der Waals surface area (Å²) in [6.45, 7) is 4.67. The molecule has 0 aliphatic rings. The van der Waals surface area contributed by atoms with Crippen molar-refractivity contribution in [2.24, 2.45) is 7.05 Å². The highest BCUT2D eigenvalue weighted by Gasteiger charge is 2.17. The quantitative estimate of drug-likeness (QED) is 0.551. The third-order valence-electron chi connectivity index (χ3n) is 5.59. The van der Waals surface area contributed by atoms with Crippen LogP contribution >= 0.6 is 0 Å². The van der Waals surface area contributed by atoms with E-state index in [0.29, 0.717) is 12.2 Å². The van der Waals surface area contributed by atoms with Gasteiger partial charge in [0.15, 0.2) is 0 Å². The first-order chi connectivity index (χ1) is 15.2. The van der Waals surface area contributed by atoms with Gasteiger partial charge < -0.3 is 15.3 Å². The van der Waals surface area contributed by atoms with E-state index >= 15 is 0 Å². The van der Waals surface area contributed by atoms with Crippen LogP contribution in [0.15, 0.2) is 42.5 Å². The van der Waals surface area contributed by atoms with E-state index in [2.05, 4.69) is 10.4 Å². The maximum absolute atomic E-state index is 13.8. The van der Waals surface area contributed by atoms with Crippen molar-refractivity contribution < 1.29 is 19.1 Å². The second-order valence-electron chi connectivity index (χ2n) is 7.77. The Morgan fingerprint density at radius 2 is 1.88 bits per heavy atom. The minimum absolute atomic E-state index is 0.0626. The summed E-state index contributed by atoms with van der Waals surface area (Å²) >= 11 is 0. The van der Waals surface area contributed by atoms with E-state index in [0.717, 1.165) is 24.2 Å². The maximum atomic E-state index is 13.8. The van der Waals surface area contributed by atoms with E-state index in [1.54, 1.807) is 18.2 Å². The fraction of sp³-hybridized carbons (Fsp3) is 0.292. The van der Waals surface area contributed by atoms with Gasteiger partial charge in [0.25, 0.3) is 5.91 Å². The molecular weight excluding hydrogens is 411 g/mol. The number of hydrogen-bond donors (Lipinski definition) is 2. The van der Waals surface area contributed by atoms with Crippen LogP contribution in [-0.2, 0) is 13.5 Å². The highest BCUT2D eigenvalue weighted by molar-refractivity contribution is 6.05. The average Bonchev–Trinajstić information content (AvgIpc) is 2.99. The third kappa shape index (κ3) is 4.96. The van der Waals surface area contributed by atoms with Gasteiger partial charge >= 0.3 is 5.97 Å². The van der Waals surface area contributed by atoms with Crippen molar-refractivity contribution in [2.45, 2.75) is 26.7 Å². The van der Waals surface area contributed by atoms with Gasteiger partial charge in [-0.1, -0.05) is 12.1 Å². The summed E-state index contributed by atoms with van der Waals surface area (Å²) < 4.78 is 15.7. The lowest BCUT2D eigenvalue weighted by atomic mass is 10.1. The number of nitrogens with one attached hydrogen (secondary N) is 1. The summed E-state index contributed by atoms with van der Waals surface area (Å²) in [6, 6.07) is 10.3. The van der Waals surface area contributed by atoms with Gasteiger partial charge in [-0.3, -0.25) is 9.48 Å². The maximum Gasteiger partial charge on any atom is 0.337 e. The number of aryl methyl sites for hydroxylation is 2. The molecule has 2 aromatic carbocycles. The van der Waals surface area contributed by atoms with Crippen LogP contribution in [0.25, 0.3) is 0 Å². The lowest BCUT2D eigenvalue weighted by Crippen LogP contribution is -2.22. The zero-order valence-corrected chi connectivity index (χ0v) is 18.6. The minimum Gasteiger partial charge on any atom is -0.478 e. The largest absolute Gasteiger partial charge is 0.478 e. The molecule has 3 aromatic rings. The van der Waals surface area contributed by atoms with Crippen LogP contribution < -0.4 is 10.2 Å². The normalized spacial score (nSPS) is 10.8. The standard InChI is InChI=1S/C24H27FN4O3/c1-15-18(16(2)29(4)27-15)9-7-13-28(3)22-12-11-17(14-20(22)24(31)32)26-23(30)19-8-5-6-10-21(19)25/h5-6,8,10-12,14H,7,9,13H2,1-4H3,(H,26,30)(H,31,32). The number of carboxylic acids is 1. The molecule has 1 heterocycles. The molecule has 0 radical (unpaired) electrons. The van der Waals surface area contributed by atoms with Crippen molar-refractivity contribution in [1.29, 1.82) is 0 Å². The zero-order chi connectivity index (χ0) is 23.4. The van der Waals surface area contributed by atoms with Crippen molar-refractivity contribution in [3.05, 3.63) is 76.4 Å². The molecule has 8 heteroatoms. The van der Waals surface area contributed by atoms with Crippen LogP contribution in [0.2, 0.25) is 0 Å². The molecule has 168 valence electrons. The van der Waals surface area contributed by atoms with Crippen LogP contribution in [0.1, 0.15) is 44.1 Å². The minimum atomic E-state index is -1.10. The second kappa shape index (κ2) is 9.64. The molecule has 0 aliphatic carbocycles. The number of nitrogens with zero attached hydrogens (tertiary/aromatic N) is 3. The van der Waals surface area contributed by atoms with Gasteiger partial charge in [0.05, 0.1) is 22.5 Å². The van der Waals surface area contributed by atoms with Gasteiger partial charge in [-0.05, 0) is 62.6 Å². The Morgan fingerprint density at radius 1 is 1.16 bits per heavy atom. The van der Waals surface area contributed by atoms with E-state index in [-0.39, 0.29) is 16.8 Å². The molecule has 0 saturated heterocycles. The van der Waals surface area contributed by atoms with Gasteiger partial charge in [-0.2, -0.15) is 5.10 Å². The van der Waals surface area contributed by atoms with Gasteiger partial charge in [-0.25, -0.2) is 9.18 Å². The fourth-order valence-electron chi connectivity index (χ4n) is 3.75. The number of anilines is 2. The van der Waals surface area contributed by atoms with E-state index in [1.807, 2.05) is 37.5 Å². The summed E-state index contributed by atoms with van der Waals surface area (Å²) in [5.74, 6) is -2.38. The molecule has 0 spiro atoms. The lowest BCUT2D eigenvalue weighted by Gasteiger charge is -2.22. The summed E-state index contributed by atoms with van der Waals surface area (Å²) in [5, 5.41) is 16.7. The lowest BCUT2D eigenvalue weighted by molar-refractivity contribution is 0.0697. The molecule has 7 nitrogen and oxygen atoms in total. The van der Waals surface area contributed by atoms with Crippen LogP contribution in [-0.4, -0.2) is 40.4 Å². The van der Waals surface area contributed by atoms with Crippen LogP contribution in [0.3, 0.4) is 0 Å². The highest BCUT2D eigenvalue weighted by atomic mass is 19.1. The summed E-state index contributed by atoms with van der Waals surface area (Å²) in [7, 11) is 3.76. The fourth-order valence-corrected chi connectivity index (χ4v) is 3.75. The predicted octanol–water partition coefficient (Wildman–Crippen LogP) is 4.20. The third-order valence-corrected chi connectivity index (χ3v) is 5.59. The summed E-state index contributed by atoms with van der Waals surface area (Å²) in [6.07, 6.45) is 1.67. The molecule has 0 saturated carbocycles. The number of carbonyl (C=O) groups excluding carboxylic acids is 1. The number of benzene rings is 2. The Balaban J connectivity index is 1.72. The number of carboxylic acid groups (broad SMARTS) is 1. The van der Waals surface area contributed by atoms with E-state index in [9.17, 15) is 19.1 Å². The van der Waals surface area contributed by atoms with E-state index in [4.69, 9.17) is 0 Å². The Hall–Kier alpha value is -3.68. The number of halogens is 1. The Kier molecular flexibility index (Phi) is 6.92. The number of amides is 1. The number of aromatic carboxylic acids is 1. The molecular formula is C24H27FN4O3. The smallest absolute Gasteiger partial charge is 0.337 e. The molecule has 0 unspecified atom stereocenters. The Morgan fingerprint density at radius 3 is 2.50 bits per heavy atom. The van der Waals surface area contributed by atoms with E-state index < -0.39 is 17.7 Å². The van der Waals surface area contributed by atoms with Crippen LogP contribution in [0.5, 0.6) is 0 Å². The number of carbonyl (C=O) groups is 2. The Labute approximate surface area is 186 Å². The van der Waals surface area contributed by atoms with Gasteiger partial charge in [-0.15, -0.1) is 0 Å². The molecule has 0 atom stereocenters. The number of hydrogen-bond acceptors (Lipinski definition) is 4. The monoisotopic (exact) mass is 438 g/mol. The number of aromatic nitrogens is 2. The van der Waals surface area contributed by atoms with Gasteiger partial charge in [0, 0.05) is 32.0 Å². The number of rotatable bonds is 8. The first-order valence-corrected chi connectivity index (χ1v) is 10.3. The molecule has 1 aromatic heterocycles. The van der Waals surface area contributed by atoms with Crippen molar-refractivity contribution in [3.8, 4) is 0 Å². The van der Waals surface area contributed by atoms with Crippen molar-refractivity contribution in [3.63, 3.8) is 0 Å². The average molecular weight is 439 g/mol. The second-order valence-corrected chi connectivity index (χ2v) is 7.77. The zero-order valence-electron chi connectivity index (χ0n) is 18.6. The van der Waals surface area contributed by atoms with Crippen molar-refractivity contribution in [2.75, 3.05) is 23.8 Å². The topological polar surface area (TPSA) is 87.5 Å². The summed E-state index contributed by atoms with van der Waals surface area (Å²) in [4.78, 5) is 26.1. The van der Waals surface area contributed by atoms with E-state index in [1.165, 1.54) is 29.8 Å².